The Labute approximate surface area is 204 Å². The Morgan fingerprint density at radius 1 is 1.14 bits per heavy atom. The predicted octanol–water partition coefficient (Wildman–Crippen LogP) is 4.07. The Kier molecular flexibility index (Phi) is 6.31. The minimum atomic E-state index is -4.62. The van der Waals surface area contributed by atoms with Gasteiger partial charge in [0.2, 0.25) is 9.84 Å². The summed E-state index contributed by atoms with van der Waals surface area (Å²) in [5.41, 5.74) is -0.661. The topological polar surface area (TPSA) is 94.6 Å². The normalized spacial score (nSPS) is 16.1. The van der Waals surface area contributed by atoms with Crippen molar-refractivity contribution in [1.29, 1.82) is 5.26 Å². The molecule has 0 aromatic carbocycles. The van der Waals surface area contributed by atoms with Crippen molar-refractivity contribution in [3.8, 4) is 6.07 Å². The molecule has 3 aromatic rings. The van der Waals surface area contributed by atoms with Gasteiger partial charge in [-0.25, -0.2) is 13.4 Å². The van der Waals surface area contributed by atoms with Crippen molar-refractivity contribution in [2.45, 2.75) is 36.6 Å². The lowest BCUT2D eigenvalue weighted by Crippen LogP contribution is -2.45. The zero-order chi connectivity index (χ0) is 25.6. The molecule has 186 valence electrons. The lowest BCUT2D eigenvalue weighted by atomic mass is 9.93. The monoisotopic (exact) mass is 524 g/mol. The lowest BCUT2D eigenvalue weighted by molar-refractivity contribution is -0.141. The summed E-state index contributed by atoms with van der Waals surface area (Å²) in [6.45, 7) is 6.97. The maximum absolute atomic E-state index is 13.6. The summed E-state index contributed by atoms with van der Waals surface area (Å²) in [6, 6.07) is 7.34. The number of anilines is 1. The van der Waals surface area contributed by atoms with Gasteiger partial charge in [-0.05, 0) is 11.4 Å². The van der Waals surface area contributed by atoms with Gasteiger partial charge >= 0.3 is 6.18 Å². The summed E-state index contributed by atoms with van der Waals surface area (Å²) in [5, 5.41) is 15.6. The third-order valence-corrected chi connectivity index (χ3v) is 8.62. The largest absolute Gasteiger partial charge is 0.433 e. The van der Waals surface area contributed by atoms with Crippen LogP contribution in [-0.4, -0.2) is 54.1 Å². The van der Waals surface area contributed by atoms with Crippen LogP contribution in [-0.2, 0) is 21.4 Å². The Morgan fingerprint density at radius 3 is 2.37 bits per heavy atom. The third kappa shape index (κ3) is 4.99. The van der Waals surface area contributed by atoms with E-state index in [-0.39, 0.29) is 26.0 Å². The van der Waals surface area contributed by atoms with E-state index in [9.17, 15) is 26.9 Å². The first kappa shape index (κ1) is 25.0. The van der Waals surface area contributed by atoms with Crippen molar-refractivity contribution in [2.75, 3.05) is 31.1 Å². The van der Waals surface area contributed by atoms with Crippen LogP contribution in [0.5, 0.6) is 0 Å². The van der Waals surface area contributed by atoms with Crippen molar-refractivity contribution < 1.29 is 21.6 Å². The van der Waals surface area contributed by atoms with E-state index in [1.807, 2.05) is 20.8 Å². The molecule has 0 spiro atoms. The standard InChI is InChI=1S/C22H23F3N6O2S2/c1-21(2,3)16-11-18-27-17(22(23,24)25)12-19(31(18)28-16)30-8-6-29(7-9-30)14-15(13-26)35(32,33)20-5-4-10-34-20/h4-5,10-12,14H,6-9H2,1-3H3/b15-14+. The number of nitrogens with zero attached hydrogens (tertiary/aromatic N) is 6. The van der Waals surface area contributed by atoms with Gasteiger partial charge in [-0.15, -0.1) is 11.3 Å². The Balaban J connectivity index is 1.63. The van der Waals surface area contributed by atoms with E-state index in [1.165, 1.54) is 16.8 Å². The highest BCUT2D eigenvalue weighted by atomic mass is 32.2. The van der Waals surface area contributed by atoms with Crippen LogP contribution in [0, 0.1) is 11.3 Å². The number of piperazine rings is 1. The van der Waals surface area contributed by atoms with Gasteiger partial charge in [0, 0.05) is 49.9 Å². The molecule has 0 unspecified atom stereocenters. The van der Waals surface area contributed by atoms with Crippen molar-refractivity contribution in [1.82, 2.24) is 19.5 Å². The number of rotatable bonds is 4. The highest BCUT2D eigenvalue weighted by molar-refractivity contribution is 7.97. The number of aromatic nitrogens is 3. The fraction of sp³-hybridized carbons (Fsp3) is 0.409. The van der Waals surface area contributed by atoms with Gasteiger partial charge in [-0.2, -0.15) is 28.0 Å². The van der Waals surface area contributed by atoms with E-state index < -0.39 is 21.7 Å². The number of fused-ring (bicyclic) bond motifs is 1. The lowest BCUT2D eigenvalue weighted by Gasteiger charge is -2.35. The van der Waals surface area contributed by atoms with E-state index >= 15 is 0 Å². The maximum Gasteiger partial charge on any atom is 0.433 e. The summed E-state index contributed by atoms with van der Waals surface area (Å²) in [6.07, 6.45) is -3.31. The Morgan fingerprint density at radius 2 is 1.83 bits per heavy atom. The number of sulfone groups is 1. The van der Waals surface area contributed by atoms with Crippen LogP contribution < -0.4 is 4.90 Å². The van der Waals surface area contributed by atoms with Gasteiger partial charge < -0.3 is 9.80 Å². The van der Waals surface area contributed by atoms with E-state index in [0.29, 0.717) is 31.9 Å². The summed E-state index contributed by atoms with van der Waals surface area (Å²) >= 11 is 1.03. The van der Waals surface area contributed by atoms with E-state index in [1.54, 1.807) is 33.4 Å². The van der Waals surface area contributed by atoms with E-state index in [4.69, 9.17) is 0 Å². The molecule has 0 saturated carbocycles. The number of halogens is 3. The smallest absolute Gasteiger partial charge is 0.372 e. The molecule has 1 fully saturated rings. The van der Waals surface area contributed by atoms with E-state index in [0.717, 1.165) is 17.4 Å². The van der Waals surface area contributed by atoms with Gasteiger partial charge in [-0.3, -0.25) is 0 Å². The molecule has 1 aliphatic rings. The quantitative estimate of drug-likeness (QED) is 0.475. The number of allylic oxidation sites excluding steroid dienone is 1. The van der Waals surface area contributed by atoms with Gasteiger partial charge in [0.05, 0.1) is 5.69 Å². The average molecular weight is 525 g/mol. The number of hydrogen-bond acceptors (Lipinski definition) is 8. The van der Waals surface area contributed by atoms with Crippen molar-refractivity contribution >= 4 is 32.6 Å². The number of alkyl halides is 3. The molecular formula is C22H23F3N6O2S2. The minimum Gasteiger partial charge on any atom is -0.372 e. The summed E-state index contributed by atoms with van der Waals surface area (Å²) in [5.74, 6) is 0.258. The van der Waals surface area contributed by atoms with Crippen LogP contribution in [0.3, 0.4) is 0 Å². The van der Waals surface area contributed by atoms with Crippen molar-refractivity contribution in [2.24, 2.45) is 0 Å². The molecule has 8 nitrogen and oxygen atoms in total. The number of hydrogen-bond donors (Lipinski definition) is 0. The molecule has 0 atom stereocenters. The van der Waals surface area contributed by atoms with Gasteiger partial charge in [0.1, 0.15) is 16.1 Å². The molecule has 0 amide bonds. The maximum atomic E-state index is 13.6. The fourth-order valence-corrected chi connectivity index (χ4v) is 5.90. The number of thiophene rings is 1. The van der Waals surface area contributed by atoms with Crippen LogP contribution >= 0.6 is 11.3 Å². The van der Waals surface area contributed by atoms with Crippen LogP contribution in [0.15, 0.2) is 45.0 Å². The first-order valence-electron chi connectivity index (χ1n) is 10.7. The third-order valence-electron chi connectivity index (χ3n) is 5.56. The second-order valence-corrected chi connectivity index (χ2v) is 12.2. The molecule has 4 heterocycles. The summed E-state index contributed by atoms with van der Waals surface area (Å²) in [7, 11) is -3.92. The predicted molar refractivity (Wildman–Crippen MR) is 126 cm³/mol. The van der Waals surface area contributed by atoms with Gasteiger partial charge in [0.25, 0.3) is 0 Å². The van der Waals surface area contributed by atoms with E-state index in [2.05, 4.69) is 10.1 Å². The highest BCUT2D eigenvalue weighted by Gasteiger charge is 2.35. The molecule has 35 heavy (non-hydrogen) atoms. The molecule has 0 radical (unpaired) electrons. The average Bonchev–Trinajstić information content (AvgIpc) is 3.46. The highest BCUT2D eigenvalue weighted by Crippen LogP contribution is 2.33. The molecule has 0 aliphatic carbocycles. The molecule has 1 aliphatic heterocycles. The molecule has 0 bridgehead atoms. The molecule has 4 rings (SSSR count). The van der Waals surface area contributed by atoms with Crippen LogP contribution in [0.4, 0.5) is 19.0 Å². The van der Waals surface area contributed by atoms with Crippen molar-refractivity contribution in [3.05, 3.63) is 52.1 Å². The minimum absolute atomic E-state index is 0.0797. The van der Waals surface area contributed by atoms with Crippen LogP contribution in [0.2, 0.25) is 0 Å². The van der Waals surface area contributed by atoms with Gasteiger partial charge in [-0.1, -0.05) is 26.8 Å². The van der Waals surface area contributed by atoms with Crippen LogP contribution in [0.1, 0.15) is 32.2 Å². The van der Waals surface area contributed by atoms with Crippen LogP contribution in [0.25, 0.3) is 5.65 Å². The number of nitriles is 1. The second kappa shape index (κ2) is 8.83. The Bertz CT molecular complexity index is 1410. The summed E-state index contributed by atoms with van der Waals surface area (Å²) in [4.78, 5) is 6.85. The SMILES string of the molecule is CC(C)(C)c1cc2nc(C(F)(F)F)cc(N3CCN(/C=C(\C#N)S(=O)(=O)c4cccs4)CC3)n2n1. The zero-order valence-electron chi connectivity index (χ0n) is 19.2. The first-order chi connectivity index (χ1) is 16.3. The second-order valence-electron chi connectivity index (χ2n) is 9.11. The van der Waals surface area contributed by atoms with Gasteiger partial charge in [0.15, 0.2) is 16.2 Å². The van der Waals surface area contributed by atoms with Crippen molar-refractivity contribution in [3.63, 3.8) is 0 Å². The molecule has 1 saturated heterocycles. The molecule has 0 N–H and O–H groups in total. The first-order valence-corrected chi connectivity index (χ1v) is 13.0. The molecular weight excluding hydrogens is 501 g/mol. The molecule has 13 heteroatoms. The Hall–Kier alpha value is -3.11. The molecule has 3 aromatic heterocycles. The zero-order valence-corrected chi connectivity index (χ0v) is 20.9. The summed E-state index contributed by atoms with van der Waals surface area (Å²) < 4.78 is 67.6. The fourth-order valence-electron chi connectivity index (χ4n) is 3.62.